The summed E-state index contributed by atoms with van der Waals surface area (Å²) in [5.41, 5.74) is -1.27. The van der Waals surface area contributed by atoms with Gasteiger partial charge in [-0.1, -0.05) is 31.2 Å². The van der Waals surface area contributed by atoms with Crippen molar-refractivity contribution in [3.05, 3.63) is 92.9 Å². The number of halogens is 2. The zero-order chi connectivity index (χ0) is 33.2. The monoisotopic (exact) mass is 688 g/mol. The number of methoxy groups -OCH3 is 1. The lowest BCUT2D eigenvalue weighted by atomic mass is 9.93. The topological polar surface area (TPSA) is 131 Å². The number of carbonyl (C=O) groups is 2. The molecule has 3 aromatic rings. The molecule has 4 aliphatic rings. The van der Waals surface area contributed by atoms with Crippen molar-refractivity contribution in [1.29, 1.82) is 0 Å². The third-order valence-electron chi connectivity index (χ3n) is 9.13. The number of fused-ring (bicyclic) bond motifs is 4. The van der Waals surface area contributed by atoms with Crippen molar-refractivity contribution in [1.82, 2.24) is 14.2 Å². The zero-order valence-corrected chi connectivity index (χ0v) is 27.1. The molecule has 3 atom stereocenters. The minimum absolute atomic E-state index is 0.0437. The molecule has 0 radical (unpaired) electrons. The van der Waals surface area contributed by atoms with Crippen molar-refractivity contribution in [2.24, 2.45) is 0 Å². The van der Waals surface area contributed by atoms with Crippen LogP contribution in [-0.2, 0) is 24.6 Å². The van der Waals surface area contributed by atoms with Crippen molar-refractivity contribution in [2.75, 3.05) is 38.4 Å². The average molecular weight is 689 g/mol. The van der Waals surface area contributed by atoms with Crippen LogP contribution in [0.3, 0.4) is 0 Å². The predicted octanol–water partition coefficient (Wildman–Crippen LogP) is 3.78. The van der Waals surface area contributed by atoms with Gasteiger partial charge in [0.1, 0.15) is 11.7 Å². The van der Waals surface area contributed by atoms with Crippen LogP contribution < -0.4 is 15.0 Å². The Hall–Kier alpha value is -3.75. The van der Waals surface area contributed by atoms with Gasteiger partial charge in [0.25, 0.3) is 5.91 Å². The summed E-state index contributed by atoms with van der Waals surface area (Å²) >= 11 is 1.34. The Kier molecular flexibility index (Phi) is 7.95. The number of ether oxygens (including phenoxy) is 2. The van der Waals surface area contributed by atoms with E-state index in [1.165, 1.54) is 40.7 Å². The van der Waals surface area contributed by atoms with Crippen LogP contribution in [0.1, 0.15) is 53.0 Å². The lowest BCUT2D eigenvalue weighted by molar-refractivity contribution is -0.147. The highest BCUT2D eigenvalue weighted by molar-refractivity contribution is 7.98. The maximum Gasteiger partial charge on any atom is 0.460 e. The van der Waals surface area contributed by atoms with E-state index in [-0.39, 0.29) is 56.2 Å². The second-order valence-corrected chi connectivity index (χ2v) is 14.3. The number of likely N-dealkylation sites (N-methyl/N-ethyl adjacent to an activating group) is 1. The Balaban J connectivity index is 1.43. The molecule has 4 heterocycles. The first-order valence-corrected chi connectivity index (χ1v) is 17.6. The largest absolute Gasteiger partial charge is 0.468 e. The van der Waals surface area contributed by atoms with E-state index in [4.69, 9.17) is 14.0 Å². The van der Waals surface area contributed by atoms with Crippen molar-refractivity contribution >= 4 is 31.4 Å². The molecule has 12 nitrogen and oxygen atoms in total. The van der Waals surface area contributed by atoms with Gasteiger partial charge in [0, 0.05) is 41.6 Å². The number of esters is 1. The van der Waals surface area contributed by atoms with Gasteiger partial charge in [-0.3, -0.25) is 24.1 Å². The molecule has 47 heavy (non-hydrogen) atoms. The number of pyridine rings is 1. The van der Waals surface area contributed by atoms with Crippen LogP contribution in [0.5, 0.6) is 5.75 Å². The molecular weight excluding hydrogens is 657 g/mol. The molecule has 1 amide bonds. The minimum Gasteiger partial charge on any atom is -0.468 e. The van der Waals surface area contributed by atoms with E-state index in [0.29, 0.717) is 5.56 Å². The van der Waals surface area contributed by atoms with Crippen LogP contribution in [-0.4, -0.2) is 76.1 Å². The summed E-state index contributed by atoms with van der Waals surface area (Å²) in [6.45, 7) is 1.80. The van der Waals surface area contributed by atoms with E-state index in [1.807, 2.05) is 24.3 Å². The number of rotatable bonds is 7. The summed E-state index contributed by atoms with van der Waals surface area (Å²) in [6.07, 6.45) is 1.06. The lowest BCUT2D eigenvalue weighted by Gasteiger charge is -2.51. The molecule has 1 aliphatic carbocycles. The second-order valence-electron chi connectivity index (χ2n) is 11.6. The van der Waals surface area contributed by atoms with Crippen molar-refractivity contribution in [3.63, 3.8) is 0 Å². The quantitative estimate of drug-likeness (QED) is 0.288. The van der Waals surface area contributed by atoms with Gasteiger partial charge in [-0.15, -0.1) is 11.8 Å². The normalized spacial score (nSPS) is 22.3. The van der Waals surface area contributed by atoms with Gasteiger partial charge in [-0.2, -0.15) is 4.67 Å². The molecule has 16 heteroatoms. The Morgan fingerprint density at radius 3 is 2.66 bits per heavy atom. The van der Waals surface area contributed by atoms with E-state index in [0.717, 1.165) is 27.3 Å². The molecule has 3 aliphatic heterocycles. The second kappa shape index (κ2) is 11.7. The molecule has 7 rings (SSSR count). The molecule has 0 spiro atoms. The maximum absolute atomic E-state index is 15.5. The van der Waals surface area contributed by atoms with Gasteiger partial charge < -0.3 is 23.8 Å². The van der Waals surface area contributed by atoms with Crippen molar-refractivity contribution < 1.29 is 41.8 Å². The zero-order valence-electron chi connectivity index (χ0n) is 25.4. The number of hydrogen-bond acceptors (Lipinski definition) is 9. The van der Waals surface area contributed by atoms with Crippen molar-refractivity contribution in [2.45, 2.75) is 48.2 Å². The molecule has 1 saturated heterocycles. The van der Waals surface area contributed by atoms with Gasteiger partial charge in [-0.05, 0) is 36.1 Å². The van der Waals surface area contributed by atoms with Crippen LogP contribution in [0, 0.1) is 11.6 Å². The van der Waals surface area contributed by atoms with Gasteiger partial charge >= 0.3 is 13.7 Å². The fourth-order valence-electron chi connectivity index (χ4n) is 6.83. The van der Waals surface area contributed by atoms with Crippen LogP contribution in [0.2, 0.25) is 0 Å². The van der Waals surface area contributed by atoms with Gasteiger partial charge in [-0.25, -0.2) is 13.3 Å². The Labute approximate surface area is 272 Å². The first kappa shape index (κ1) is 31.8. The number of carbonyl (C=O) groups excluding carboxylic acids is 2. The lowest BCUT2D eigenvalue weighted by Crippen LogP contribution is -2.66. The first-order valence-electron chi connectivity index (χ1n) is 15.0. The fourth-order valence-corrected chi connectivity index (χ4v) is 9.58. The van der Waals surface area contributed by atoms with E-state index < -0.39 is 60.2 Å². The van der Waals surface area contributed by atoms with Crippen LogP contribution in [0.4, 0.5) is 8.78 Å². The average Bonchev–Trinajstić information content (AvgIpc) is 3.88. The Morgan fingerprint density at radius 2 is 1.94 bits per heavy atom. The summed E-state index contributed by atoms with van der Waals surface area (Å²) in [7, 11) is -3.78. The molecule has 0 bridgehead atoms. The molecule has 1 unspecified atom stereocenters. The predicted molar refractivity (Wildman–Crippen MR) is 166 cm³/mol. The van der Waals surface area contributed by atoms with Crippen LogP contribution in [0.25, 0.3) is 0 Å². The van der Waals surface area contributed by atoms with Gasteiger partial charge in [0.2, 0.25) is 11.2 Å². The molecule has 1 saturated carbocycles. The fraction of sp³-hybridized carbons (Fsp3) is 0.387. The molecule has 248 valence electrons. The maximum atomic E-state index is 15.5. The molecule has 2 fully saturated rings. The van der Waals surface area contributed by atoms with E-state index >= 15 is 4.39 Å². The number of hydrogen-bond donors (Lipinski definition) is 1. The summed E-state index contributed by atoms with van der Waals surface area (Å²) in [6, 6.07) is 10.2. The van der Waals surface area contributed by atoms with Crippen molar-refractivity contribution in [3.8, 4) is 5.75 Å². The summed E-state index contributed by atoms with van der Waals surface area (Å²) < 4.78 is 62.7. The highest BCUT2D eigenvalue weighted by Gasteiger charge is 2.62. The molecular formula is C31H31F2N4O8PS. The SMILES string of the molecule is CCN(C1(C(=O)OC)CC1)P(=O)(O)Oc1c2n(ccc1=O)N([C@@H]1c3ccccc3SCc3c1ccc(F)c3F)[C@@H]1COCCN1C2=O. The number of thioether (sulfide) groups is 1. The van der Waals surface area contributed by atoms with Gasteiger partial charge in [0.15, 0.2) is 17.3 Å². The Morgan fingerprint density at radius 1 is 1.17 bits per heavy atom. The standard InChI is InChI=1S/C31H31F2N4O8PS/c1-3-36(31(11-12-31)30(40)43-2)46(41,42)45-28-22(38)10-13-35-27(28)29(39)34-14-15-44-16-24(34)37(35)26-18-8-9-21(32)25(33)20(18)17-47-23-7-5-4-6-19(23)26/h4-10,13,24,26H,3,11-12,14-17H2,1-2H3,(H,41,42)/t24-,26+/m1/s1. The van der Waals surface area contributed by atoms with E-state index in [2.05, 4.69) is 0 Å². The van der Waals surface area contributed by atoms with E-state index in [9.17, 15) is 28.2 Å². The minimum atomic E-state index is -4.95. The smallest absolute Gasteiger partial charge is 0.460 e. The Bertz CT molecular complexity index is 1910. The third-order valence-corrected chi connectivity index (χ3v) is 11.9. The highest BCUT2D eigenvalue weighted by Crippen LogP contribution is 2.58. The number of benzene rings is 2. The summed E-state index contributed by atoms with van der Waals surface area (Å²) in [4.78, 5) is 53.9. The molecule has 1 aromatic heterocycles. The van der Waals surface area contributed by atoms with Crippen LogP contribution >= 0.6 is 19.5 Å². The summed E-state index contributed by atoms with van der Waals surface area (Å²) in [5, 5.41) is 1.74. The summed E-state index contributed by atoms with van der Waals surface area (Å²) in [5.74, 6) is -3.89. The van der Waals surface area contributed by atoms with E-state index in [1.54, 1.807) is 11.9 Å². The first-order chi connectivity index (χ1) is 22.5. The molecule has 1 N–H and O–H groups in total. The van der Waals surface area contributed by atoms with Crippen LogP contribution in [0.15, 0.2) is 58.4 Å². The number of aromatic nitrogens is 1. The third kappa shape index (κ3) is 4.98. The van der Waals surface area contributed by atoms with Gasteiger partial charge in [0.05, 0.1) is 26.4 Å². The number of morpholine rings is 1. The highest BCUT2D eigenvalue weighted by atomic mass is 32.2. The number of nitrogens with zero attached hydrogens (tertiary/aromatic N) is 4. The number of amides is 1. The molecule has 2 aromatic carbocycles.